The third-order valence-electron chi connectivity index (χ3n) is 2.92. The lowest BCUT2D eigenvalue weighted by molar-refractivity contribution is -0.139. The highest BCUT2D eigenvalue weighted by Crippen LogP contribution is 2.32. The fourth-order valence-corrected chi connectivity index (χ4v) is 1.92. The largest absolute Gasteiger partial charge is 0.387 e. The number of aliphatic hydroxyl groups excluding tert-OH is 1. The van der Waals surface area contributed by atoms with Gasteiger partial charge in [0.2, 0.25) is 0 Å². The normalized spacial score (nSPS) is 24.8. The highest BCUT2D eigenvalue weighted by molar-refractivity contribution is 5.26. The number of nitrogens with two attached hydrogens (primary N) is 1. The van der Waals surface area contributed by atoms with Crippen LogP contribution in [0.25, 0.3) is 0 Å². The van der Waals surface area contributed by atoms with Gasteiger partial charge in [-0.05, 0) is 25.0 Å². The predicted molar refractivity (Wildman–Crippen MR) is 64.3 cm³/mol. The molecule has 3 N–H and O–H groups in total. The van der Waals surface area contributed by atoms with E-state index >= 15 is 0 Å². The SMILES string of the molecule is CC1(C)OCC(c2ccc(C(O)CN)cc2)O1. The Hall–Kier alpha value is -0.940. The average Bonchev–Trinajstić information content (AvgIpc) is 2.69. The highest BCUT2D eigenvalue weighted by Gasteiger charge is 2.33. The van der Waals surface area contributed by atoms with E-state index in [1.807, 2.05) is 38.1 Å². The van der Waals surface area contributed by atoms with Crippen LogP contribution in [0, 0.1) is 0 Å². The standard InChI is InChI=1S/C13H19NO3/c1-13(2)16-8-12(17-13)10-5-3-9(4-6-10)11(15)7-14/h3-6,11-12,15H,7-8,14H2,1-2H3. The maximum Gasteiger partial charge on any atom is 0.163 e. The van der Waals surface area contributed by atoms with Gasteiger partial charge in [0, 0.05) is 6.54 Å². The zero-order valence-electron chi connectivity index (χ0n) is 10.2. The molecule has 0 amide bonds. The van der Waals surface area contributed by atoms with Crippen LogP contribution in [0.4, 0.5) is 0 Å². The van der Waals surface area contributed by atoms with Crippen LogP contribution in [0.2, 0.25) is 0 Å². The fraction of sp³-hybridized carbons (Fsp3) is 0.538. The second kappa shape index (κ2) is 4.74. The molecule has 94 valence electrons. The molecule has 1 fully saturated rings. The van der Waals surface area contributed by atoms with Crippen molar-refractivity contribution in [2.45, 2.75) is 31.8 Å². The van der Waals surface area contributed by atoms with E-state index in [0.29, 0.717) is 6.61 Å². The summed E-state index contributed by atoms with van der Waals surface area (Å²) in [6, 6.07) is 7.65. The summed E-state index contributed by atoms with van der Waals surface area (Å²) >= 11 is 0. The second-order valence-corrected chi connectivity index (χ2v) is 4.74. The Morgan fingerprint density at radius 2 is 2.06 bits per heavy atom. The predicted octanol–water partition coefficient (Wildman–Crippen LogP) is 1.50. The molecule has 2 rings (SSSR count). The monoisotopic (exact) mass is 237 g/mol. The number of rotatable bonds is 3. The van der Waals surface area contributed by atoms with Crippen molar-refractivity contribution < 1.29 is 14.6 Å². The molecule has 17 heavy (non-hydrogen) atoms. The zero-order valence-corrected chi connectivity index (χ0v) is 10.2. The van der Waals surface area contributed by atoms with Crippen LogP contribution in [0.1, 0.15) is 37.2 Å². The number of hydrogen-bond donors (Lipinski definition) is 2. The van der Waals surface area contributed by atoms with E-state index in [1.165, 1.54) is 0 Å². The number of ether oxygens (including phenoxy) is 2. The Morgan fingerprint density at radius 3 is 2.53 bits per heavy atom. The summed E-state index contributed by atoms with van der Waals surface area (Å²) in [4.78, 5) is 0. The lowest BCUT2D eigenvalue weighted by atomic mass is 10.0. The van der Waals surface area contributed by atoms with Crippen LogP contribution in [0.3, 0.4) is 0 Å². The molecule has 1 saturated heterocycles. The van der Waals surface area contributed by atoms with Gasteiger partial charge in [-0.3, -0.25) is 0 Å². The maximum atomic E-state index is 9.59. The molecule has 1 aromatic rings. The molecule has 1 aliphatic heterocycles. The molecule has 2 atom stereocenters. The van der Waals surface area contributed by atoms with Crippen molar-refractivity contribution in [2.75, 3.05) is 13.2 Å². The van der Waals surface area contributed by atoms with Crippen molar-refractivity contribution in [1.29, 1.82) is 0 Å². The Balaban J connectivity index is 2.09. The van der Waals surface area contributed by atoms with Gasteiger partial charge in [0.1, 0.15) is 6.10 Å². The fourth-order valence-electron chi connectivity index (χ4n) is 1.92. The van der Waals surface area contributed by atoms with E-state index < -0.39 is 11.9 Å². The summed E-state index contributed by atoms with van der Waals surface area (Å²) < 4.78 is 11.3. The van der Waals surface area contributed by atoms with Crippen molar-refractivity contribution in [2.24, 2.45) is 5.73 Å². The van der Waals surface area contributed by atoms with Crippen LogP contribution < -0.4 is 5.73 Å². The van der Waals surface area contributed by atoms with Crippen LogP contribution >= 0.6 is 0 Å². The third-order valence-corrected chi connectivity index (χ3v) is 2.92. The molecule has 0 bridgehead atoms. The van der Waals surface area contributed by atoms with Crippen molar-refractivity contribution >= 4 is 0 Å². The van der Waals surface area contributed by atoms with Crippen LogP contribution in [0.15, 0.2) is 24.3 Å². The van der Waals surface area contributed by atoms with Gasteiger partial charge < -0.3 is 20.3 Å². The van der Waals surface area contributed by atoms with E-state index in [0.717, 1.165) is 11.1 Å². The van der Waals surface area contributed by atoms with E-state index in [1.54, 1.807) is 0 Å². The summed E-state index contributed by atoms with van der Waals surface area (Å²) in [6.07, 6.45) is -0.629. The van der Waals surface area contributed by atoms with Crippen LogP contribution in [-0.2, 0) is 9.47 Å². The number of benzene rings is 1. The zero-order chi connectivity index (χ0) is 12.5. The van der Waals surface area contributed by atoms with Gasteiger partial charge in [-0.2, -0.15) is 0 Å². The van der Waals surface area contributed by atoms with Gasteiger partial charge in [0.15, 0.2) is 5.79 Å². The summed E-state index contributed by atoms with van der Waals surface area (Å²) in [5.41, 5.74) is 7.29. The topological polar surface area (TPSA) is 64.7 Å². The van der Waals surface area contributed by atoms with Crippen molar-refractivity contribution in [3.63, 3.8) is 0 Å². The Kier molecular flexibility index (Phi) is 3.49. The summed E-state index contributed by atoms with van der Waals surface area (Å²) in [6.45, 7) is 4.60. The molecular formula is C13H19NO3. The molecule has 4 heteroatoms. The highest BCUT2D eigenvalue weighted by atomic mass is 16.7. The maximum absolute atomic E-state index is 9.59. The van der Waals surface area contributed by atoms with E-state index in [4.69, 9.17) is 15.2 Å². The van der Waals surface area contributed by atoms with Gasteiger partial charge in [0.25, 0.3) is 0 Å². The van der Waals surface area contributed by atoms with Gasteiger partial charge in [0.05, 0.1) is 12.7 Å². The molecule has 0 aromatic heterocycles. The molecule has 1 heterocycles. The minimum absolute atomic E-state index is 0.0333. The minimum Gasteiger partial charge on any atom is -0.387 e. The number of aliphatic hydroxyl groups is 1. The quantitative estimate of drug-likeness (QED) is 0.836. The summed E-state index contributed by atoms with van der Waals surface area (Å²) in [7, 11) is 0. The van der Waals surface area contributed by atoms with Crippen molar-refractivity contribution in [1.82, 2.24) is 0 Å². The summed E-state index contributed by atoms with van der Waals surface area (Å²) in [5.74, 6) is -0.514. The van der Waals surface area contributed by atoms with E-state index in [-0.39, 0.29) is 12.6 Å². The van der Waals surface area contributed by atoms with Gasteiger partial charge >= 0.3 is 0 Å². The first-order valence-corrected chi connectivity index (χ1v) is 5.81. The van der Waals surface area contributed by atoms with E-state index in [2.05, 4.69) is 0 Å². The minimum atomic E-state index is -0.596. The molecule has 1 aliphatic rings. The van der Waals surface area contributed by atoms with Crippen LogP contribution in [0.5, 0.6) is 0 Å². The molecule has 1 aromatic carbocycles. The first-order chi connectivity index (χ1) is 8.02. The van der Waals surface area contributed by atoms with Gasteiger partial charge in [-0.1, -0.05) is 24.3 Å². The molecule has 4 nitrogen and oxygen atoms in total. The number of hydrogen-bond acceptors (Lipinski definition) is 4. The van der Waals surface area contributed by atoms with Gasteiger partial charge in [-0.15, -0.1) is 0 Å². The molecule has 0 radical (unpaired) electrons. The third kappa shape index (κ3) is 2.84. The first kappa shape index (κ1) is 12.5. The van der Waals surface area contributed by atoms with E-state index in [9.17, 15) is 5.11 Å². The molecule has 0 spiro atoms. The molecule has 0 aliphatic carbocycles. The van der Waals surface area contributed by atoms with Crippen LogP contribution in [-0.4, -0.2) is 24.0 Å². The van der Waals surface area contributed by atoms with Gasteiger partial charge in [-0.25, -0.2) is 0 Å². The average molecular weight is 237 g/mol. The first-order valence-electron chi connectivity index (χ1n) is 5.81. The Labute approximate surface area is 101 Å². The van der Waals surface area contributed by atoms with Crippen molar-refractivity contribution in [3.8, 4) is 0 Å². The lowest BCUT2D eigenvalue weighted by Crippen LogP contribution is -2.19. The smallest absolute Gasteiger partial charge is 0.163 e. The second-order valence-electron chi connectivity index (χ2n) is 4.74. The molecule has 2 unspecified atom stereocenters. The lowest BCUT2D eigenvalue weighted by Gasteiger charge is -2.17. The Morgan fingerprint density at radius 1 is 1.41 bits per heavy atom. The Bertz CT molecular complexity index is 375. The molecular weight excluding hydrogens is 218 g/mol. The summed E-state index contributed by atoms with van der Waals surface area (Å²) in [5, 5.41) is 9.59. The molecule has 0 saturated carbocycles. The van der Waals surface area contributed by atoms with Crippen molar-refractivity contribution in [3.05, 3.63) is 35.4 Å².